The summed E-state index contributed by atoms with van der Waals surface area (Å²) in [6.07, 6.45) is -0.167. The number of hydrogen-bond donors (Lipinski definition) is 1. The fourth-order valence-electron chi connectivity index (χ4n) is 2.10. The number of rotatable bonds is 3. The zero-order valence-corrected chi connectivity index (χ0v) is 13.5. The summed E-state index contributed by atoms with van der Waals surface area (Å²) in [6.45, 7) is 3.90. The Kier molecular flexibility index (Phi) is 4.33. The summed E-state index contributed by atoms with van der Waals surface area (Å²) in [5.74, 6) is 0. The largest absolute Gasteiger partial charge is 0.388 e. The van der Waals surface area contributed by atoms with Gasteiger partial charge in [-0.2, -0.15) is 5.10 Å². The van der Waals surface area contributed by atoms with E-state index in [-0.39, 0.29) is 0 Å². The van der Waals surface area contributed by atoms with Crippen molar-refractivity contribution in [3.63, 3.8) is 0 Å². The van der Waals surface area contributed by atoms with Gasteiger partial charge in [-0.25, -0.2) is 0 Å². The maximum atomic E-state index is 10.4. The summed E-state index contributed by atoms with van der Waals surface area (Å²) >= 11 is 9.69. The molecule has 0 radical (unpaired) electrons. The van der Waals surface area contributed by atoms with Crippen LogP contribution in [0, 0.1) is 13.8 Å². The number of aryl methyl sites for hydroxylation is 3. The number of hydrogen-bond acceptors (Lipinski definition) is 2. The first-order valence-electron chi connectivity index (χ1n) is 6.02. The van der Waals surface area contributed by atoms with Crippen molar-refractivity contribution in [3.05, 3.63) is 50.2 Å². The van der Waals surface area contributed by atoms with E-state index < -0.39 is 6.10 Å². The van der Waals surface area contributed by atoms with Gasteiger partial charge in [-0.05, 0) is 47.0 Å². The van der Waals surface area contributed by atoms with E-state index in [1.54, 1.807) is 4.68 Å². The van der Waals surface area contributed by atoms with Gasteiger partial charge in [0.05, 0.1) is 22.0 Å². The van der Waals surface area contributed by atoms with E-state index in [0.29, 0.717) is 11.4 Å². The molecule has 0 aliphatic carbocycles. The maximum absolute atomic E-state index is 10.4. The molecule has 1 heterocycles. The Morgan fingerprint density at radius 2 is 2.11 bits per heavy atom. The summed E-state index contributed by atoms with van der Waals surface area (Å²) in [6, 6.07) is 5.69. The molecule has 19 heavy (non-hydrogen) atoms. The Balaban J connectivity index is 2.28. The first-order chi connectivity index (χ1) is 8.90. The lowest BCUT2D eigenvalue weighted by Crippen LogP contribution is -2.07. The van der Waals surface area contributed by atoms with Crippen molar-refractivity contribution < 1.29 is 5.11 Å². The molecule has 1 N–H and O–H groups in total. The molecule has 0 saturated heterocycles. The molecular formula is C14H16BrClN2O. The standard InChI is InChI=1S/C14H16BrClN2O/c1-8-4-5-10(11(16)6-8)13(19)7-12-14(15)9(2)17-18(12)3/h4-6,13,19H,7H2,1-3H3. The highest BCUT2D eigenvalue weighted by Crippen LogP contribution is 2.29. The fourth-order valence-corrected chi connectivity index (χ4v) is 2.96. The third-order valence-corrected chi connectivity index (χ3v) is 4.52. The molecule has 3 nitrogen and oxygen atoms in total. The molecule has 0 spiro atoms. The number of aliphatic hydroxyl groups excluding tert-OH is 1. The van der Waals surface area contributed by atoms with Crippen molar-refractivity contribution in [2.75, 3.05) is 0 Å². The summed E-state index contributed by atoms with van der Waals surface area (Å²) in [7, 11) is 1.87. The fraction of sp³-hybridized carbons (Fsp3) is 0.357. The van der Waals surface area contributed by atoms with Crippen LogP contribution < -0.4 is 0 Å². The second-order valence-corrected chi connectivity index (χ2v) is 5.91. The average Bonchev–Trinajstić information content (AvgIpc) is 2.56. The molecule has 1 unspecified atom stereocenters. The normalized spacial score (nSPS) is 12.7. The number of halogens is 2. The van der Waals surface area contributed by atoms with E-state index in [2.05, 4.69) is 21.0 Å². The number of benzene rings is 1. The molecule has 5 heteroatoms. The molecular weight excluding hydrogens is 328 g/mol. The van der Waals surface area contributed by atoms with E-state index in [0.717, 1.165) is 27.0 Å². The molecule has 0 saturated carbocycles. The van der Waals surface area contributed by atoms with Crippen LogP contribution in [0.4, 0.5) is 0 Å². The molecule has 1 atom stereocenters. The van der Waals surface area contributed by atoms with E-state index in [9.17, 15) is 5.11 Å². The highest BCUT2D eigenvalue weighted by atomic mass is 79.9. The summed E-state index contributed by atoms with van der Waals surface area (Å²) in [5.41, 5.74) is 3.71. The van der Waals surface area contributed by atoms with Gasteiger partial charge in [0.25, 0.3) is 0 Å². The van der Waals surface area contributed by atoms with E-state index in [4.69, 9.17) is 11.6 Å². The smallest absolute Gasteiger partial charge is 0.0860 e. The Morgan fingerprint density at radius 3 is 2.63 bits per heavy atom. The van der Waals surface area contributed by atoms with Crippen LogP contribution in [-0.4, -0.2) is 14.9 Å². The minimum absolute atomic E-state index is 0.473. The lowest BCUT2D eigenvalue weighted by Gasteiger charge is -2.14. The minimum atomic E-state index is -0.640. The van der Waals surface area contributed by atoms with E-state index >= 15 is 0 Å². The maximum Gasteiger partial charge on any atom is 0.0860 e. The van der Waals surface area contributed by atoms with Crippen molar-refractivity contribution in [1.82, 2.24) is 9.78 Å². The van der Waals surface area contributed by atoms with Gasteiger partial charge in [-0.15, -0.1) is 0 Å². The molecule has 1 aromatic carbocycles. The molecule has 2 aromatic rings. The molecule has 0 aliphatic rings. The van der Waals surface area contributed by atoms with Gasteiger partial charge in [0.1, 0.15) is 0 Å². The summed E-state index contributed by atoms with van der Waals surface area (Å²) < 4.78 is 2.72. The van der Waals surface area contributed by atoms with Crippen LogP contribution in [0.5, 0.6) is 0 Å². The molecule has 0 fully saturated rings. The van der Waals surface area contributed by atoms with Crippen LogP contribution in [0.25, 0.3) is 0 Å². The van der Waals surface area contributed by atoms with Crippen LogP contribution in [0.15, 0.2) is 22.7 Å². The van der Waals surface area contributed by atoms with Gasteiger partial charge in [-0.1, -0.05) is 23.7 Å². The Bertz CT molecular complexity index is 610. The minimum Gasteiger partial charge on any atom is -0.388 e. The van der Waals surface area contributed by atoms with Gasteiger partial charge >= 0.3 is 0 Å². The molecule has 1 aromatic heterocycles. The summed E-state index contributed by atoms with van der Waals surface area (Å²) in [4.78, 5) is 0. The first-order valence-corrected chi connectivity index (χ1v) is 7.19. The zero-order valence-electron chi connectivity index (χ0n) is 11.1. The van der Waals surface area contributed by atoms with Crippen LogP contribution in [0.3, 0.4) is 0 Å². The van der Waals surface area contributed by atoms with Crippen molar-refractivity contribution in [3.8, 4) is 0 Å². The monoisotopic (exact) mass is 342 g/mol. The molecule has 0 bridgehead atoms. The molecule has 0 amide bonds. The van der Waals surface area contributed by atoms with Crippen molar-refractivity contribution in [2.45, 2.75) is 26.4 Å². The second-order valence-electron chi connectivity index (χ2n) is 4.71. The lowest BCUT2D eigenvalue weighted by atomic mass is 10.0. The second kappa shape index (κ2) is 5.65. The topological polar surface area (TPSA) is 38.1 Å². The first kappa shape index (κ1) is 14.6. The van der Waals surface area contributed by atoms with Crippen LogP contribution in [-0.2, 0) is 13.5 Å². The van der Waals surface area contributed by atoms with Crippen molar-refractivity contribution in [2.24, 2.45) is 7.05 Å². The predicted octanol–water partition coefficient (Wildman–Crippen LogP) is 3.73. The van der Waals surface area contributed by atoms with Crippen molar-refractivity contribution >= 4 is 27.5 Å². The third kappa shape index (κ3) is 3.02. The predicted molar refractivity (Wildman–Crippen MR) is 80.5 cm³/mol. The highest BCUT2D eigenvalue weighted by molar-refractivity contribution is 9.10. The SMILES string of the molecule is Cc1ccc(C(O)Cc2c(Br)c(C)nn2C)c(Cl)c1. The van der Waals surface area contributed by atoms with Gasteiger partial charge in [0, 0.05) is 18.5 Å². The average molecular weight is 344 g/mol. The number of aliphatic hydroxyl groups is 1. The van der Waals surface area contributed by atoms with Crippen LogP contribution in [0.1, 0.15) is 28.6 Å². The lowest BCUT2D eigenvalue weighted by molar-refractivity contribution is 0.175. The highest BCUT2D eigenvalue weighted by Gasteiger charge is 2.18. The van der Waals surface area contributed by atoms with Crippen LogP contribution >= 0.6 is 27.5 Å². The quantitative estimate of drug-likeness (QED) is 0.922. The molecule has 0 aliphatic heterocycles. The van der Waals surface area contributed by atoms with Crippen LogP contribution in [0.2, 0.25) is 5.02 Å². The molecule has 102 valence electrons. The van der Waals surface area contributed by atoms with Gasteiger partial charge in [0.2, 0.25) is 0 Å². The van der Waals surface area contributed by atoms with E-state index in [1.807, 2.05) is 39.1 Å². The molecule has 2 rings (SSSR count). The van der Waals surface area contributed by atoms with Gasteiger partial charge in [0.15, 0.2) is 0 Å². The number of nitrogens with zero attached hydrogens (tertiary/aromatic N) is 2. The Morgan fingerprint density at radius 1 is 1.42 bits per heavy atom. The van der Waals surface area contributed by atoms with E-state index in [1.165, 1.54) is 0 Å². The van der Waals surface area contributed by atoms with Gasteiger partial charge in [-0.3, -0.25) is 4.68 Å². The Hall–Kier alpha value is -0.840. The third-order valence-electron chi connectivity index (χ3n) is 3.16. The van der Waals surface area contributed by atoms with Crippen molar-refractivity contribution in [1.29, 1.82) is 0 Å². The zero-order chi connectivity index (χ0) is 14.2. The summed E-state index contributed by atoms with van der Waals surface area (Å²) in [5, 5.41) is 15.3. The number of aromatic nitrogens is 2. The van der Waals surface area contributed by atoms with Gasteiger partial charge < -0.3 is 5.11 Å². The Labute approximate surface area is 126 Å².